The number of nitrogens with one attached hydrogen (secondary N) is 1. The van der Waals surface area contributed by atoms with Crippen molar-refractivity contribution in [3.63, 3.8) is 0 Å². The summed E-state index contributed by atoms with van der Waals surface area (Å²) in [6.45, 7) is 7.03. The van der Waals surface area contributed by atoms with Gasteiger partial charge in [-0.1, -0.05) is 54.8 Å². The smallest absolute Gasteiger partial charge is 0.254 e. The van der Waals surface area contributed by atoms with Gasteiger partial charge < -0.3 is 24.4 Å². The third-order valence-electron chi connectivity index (χ3n) is 7.52. The summed E-state index contributed by atoms with van der Waals surface area (Å²) in [7, 11) is 1.59. The second kappa shape index (κ2) is 10.2. The van der Waals surface area contributed by atoms with Crippen LogP contribution in [0.3, 0.4) is 0 Å². The third kappa shape index (κ3) is 5.39. The maximum absolute atomic E-state index is 14.0. The molecule has 0 unspecified atom stereocenters. The molecule has 36 heavy (non-hydrogen) atoms. The predicted molar refractivity (Wildman–Crippen MR) is 142 cm³/mol. The molecule has 6 heteroatoms. The number of carbonyl (C=O) groups is 1. The topological polar surface area (TPSA) is 60.0 Å². The molecule has 0 bridgehead atoms. The van der Waals surface area contributed by atoms with E-state index in [2.05, 4.69) is 30.4 Å². The first kappa shape index (κ1) is 24.7. The SMILES string of the molecule is COc1cc(C(=O)N(CC(C)=Cc2ccccc2)C[C@@H]2C[C@@H]3CCCC[C@@H]3N2)cc2c1OC(C)(C)O2. The molecule has 1 saturated carbocycles. The molecule has 1 amide bonds. The second-order valence-corrected chi connectivity index (χ2v) is 10.9. The van der Waals surface area contributed by atoms with Gasteiger partial charge in [-0.3, -0.25) is 4.79 Å². The van der Waals surface area contributed by atoms with E-state index in [1.807, 2.05) is 36.9 Å². The van der Waals surface area contributed by atoms with Gasteiger partial charge in [-0.25, -0.2) is 0 Å². The molecular weight excluding hydrogens is 452 g/mol. The van der Waals surface area contributed by atoms with Crippen LogP contribution in [0.1, 0.15) is 68.8 Å². The Kier molecular flexibility index (Phi) is 6.98. The first-order valence-corrected chi connectivity index (χ1v) is 13.2. The molecule has 6 nitrogen and oxygen atoms in total. The summed E-state index contributed by atoms with van der Waals surface area (Å²) in [4.78, 5) is 16.0. The molecule has 5 rings (SSSR count). The lowest BCUT2D eigenvalue weighted by Crippen LogP contribution is -2.43. The molecule has 1 aliphatic carbocycles. The highest BCUT2D eigenvalue weighted by molar-refractivity contribution is 5.96. The van der Waals surface area contributed by atoms with Crippen LogP contribution in [-0.2, 0) is 0 Å². The van der Waals surface area contributed by atoms with Crippen LogP contribution in [-0.4, -0.2) is 48.9 Å². The van der Waals surface area contributed by atoms with Crippen LogP contribution in [0.15, 0.2) is 48.0 Å². The normalized spacial score (nSPS) is 24.3. The van der Waals surface area contributed by atoms with Crippen LogP contribution in [0.25, 0.3) is 6.08 Å². The fraction of sp³-hybridized carbons (Fsp3) is 0.500. The number of ether oxygens (including phenoxy) is 3. The van der Waals surface area contributed by atoms with E-state index in [0.29, 0.717) is 48.0 Å². The van der Waals surface area contributed by atoms with Crippen LogP contribution >= 0.6 is 0 Å². The van der Waals surface area contributed by atoms with Crippen molar-refractivity contribution < 1.29 is 19.0 Å². The molecule has 3 atom stereocenters. The van der Waals surface area contributed by atoms with Gasteiger partial charge in [-0.2, -0.15) is 0 Å². The van der Waals surface area contributed by atoms with Crippen molar-refractivity contribution >= 4 is 12.0 Å². The number of rotatable bonds is 7. The van der Waals surface area contributed by atoms with E-state index >= 15 is 0 Å². The summed E-state index contributed by atoms with van der Waals surface area (Å²) in [5, 5.41) is 3.84. The highest BCUT2D eigenvalue weighted by Crippen LogP contribution is 2.47. The van der Waals surface area contributed by atoms with E-state index in [4.69, 9.17) is 14.2 Å². The van der Waals surface area contributed by atoms with Crippen LogP contribution < -0.4 is 19.5 Å². The van der Waals surface area contributed by atoms with Gasteiger partial charge in [0.2, 0.25) is 11.5 Å². The Balaban J connectivity index is 1.41. The maximum atomic E-state index is 14.0. The van der Waals surface area contributed by atoms with Gasteiger partial charge in [-0.05, 0) is 49.8 Å². The molecule has 1 N–H and O–H groups in total. The van der Waals surface area contributed by atoms with Crippen LogP contribution in [0.2, 0.25) is 0 Å². The van der Waals surface area contributed by atoms with E-state index in [-0.39, 0.29) is 5.91 Å². The van der Waals surface area contributed by atoms with Crippen LogP contribution in [0.5, 0.6) is 17.2 Å². The highest BCUT2D eigenvalue weighted by atomic mass is 16.7. The zero-order chi connectivity index (χ0) is 25.3. The molecule has 0 radical (unpaired) electrons. The zero-order valence-corrected chi connectivity index (χ0v) is 21.9. The fourth-order valence-electron chi connectivity index (χ4n) is 5.98. The van der Waals surface area contributed by atoms with Gasteiger partial charge >= 0.3 is 0 Å². The van der Waals surface area contributed by atoms with Crippen LogP contribution in [0.4, 0.5) is 0 Å². The van der Waals surface area contributed by atoms with Gasteiger partial charge in [-0.15, -0.1) is 0 Å². The first-order chi connectivity index (χ1) is 17.3. The van der Waals surface area contributed by atoms with Gasteiger partial charge in [0.05, 0.1) is 7.11 Å². The number of hydrogen-bond acceptors (Lipinski definition) is 5. The molecule has 0 spiro atoms. The lowest BCUT2D eigenvalue weighted by atomic mass is 9.85. The van der Waals surface area contributed by atoms with Crippen LogP contribution in [0, 0.1) is 5.92 Å². The summed E-state index contributed by atoms with van der Waals surface area (Å²) < 4.78 is 17.5. The van der Waals surface area contributed by atoms with E-state index in [1.54, 1.807) is 19.2 Å². The number of benzene rings is 2. The van der Waals surface area contributed by atoms with Crippen molar-refractivity contribution in [1.29, 1.82) is 0 Å². The average molecular weight is 491 g/mol. The van der Waals surface area contributed by atoms with Gasteiger partial charge in [0.1, 0.15) is 0 Å². The summed E-state index contributed by atoms with van der Waals surface area (Å²) in [6, 6.07) is 14.7. The van der Waals surface area contributed by atoms with Crippen molar-refractivity contribution in [3.8, 4) is 17.2 Å². The Morgan fingerprint density at radius 2 is 1.94 bits per heavy atom. The monoisotopic (exact) mass is 490 g/mol. The van der Waals surface area contributed by atoms with E-state index in [9.17, 15) is 4.79 Å². The lowest BCUT2D eigenvalue weighted by molar-refractivity contribution is -0.0439. The molecule has 192 valence electrons. The maximum Gasteiger partial charge on any atom is 0.254 e. The molecule has 2 aromatic carbocycles. The Bertz CT molecular complexity index is 1110. The minimum absolute atomic E-state index is 0.0260. The predicted octanol–water partition coefficient (Wildman–Crippen LogP) is 5.67. The van der Waals surface area contributed by atoms with Gasteiger partial charge in [0.25, 0.3) is 5.91 Å². The molecule has 3 aliphatic rings. The minimum Gasteiger partial charge on any atom is -0.493 e. The molecule has 2 aliphatic heterocycles. The van der Waals surface area contributed by atoms with E-state index in [1.165, 1.54) is 25.7 Å². The zero-order valence-electron chi connectivity index (χ0n) is 21.9. The highest BCUT2D eigenvalue weighted by Gasteiger charge is 2.38. The molecule has 2 aromatic rings. The van der Waals surface area contributed by atoms with Crippen molar-refractivity contribution in [2.75, 3.05) is 20.2 Å². The van der Waals surface area contributed by atoms with Crippen molar-refractivity contribution in [3.05, 3.63) is 59.2 Å². The number of nitrogens with zero attached hydrogens (tertiary/aromatic N) is 1. The van der Waals surface area contributed by atoms with Crippen molar-refractivity contribution in [1.82, 2.24) is 10.2 Å². The molecule has 0 aromatic heterocycles. The van der Waals surface area contributed by atoms with Crippen molar-refractivity contribution in [2.24, 2.45) is 5.92 Å². The number of hydrogen-bond donors (Lipinski definition) is 1. The third-order valence-corrected chi connectivity index (χ3v) is 7.52. The van der Waals surface area contributed by atoms with Gasteiger partial charge in [0.15, 0.2) is 11.5 Å². The number of fused-ring (bicyclic) bond motifs is 2. The quantitative estimate of drug-likeness (QED) is 0.542. The Morgan fingerprint density at radius 3 is 2.69 bits per heavy atom. The molecule has 2 heterocycles. The number of carbonyl (C=O) groups excluding carboxylic acids is 1. The lowest BCUT2D eigenvalue weighted by Gasteiger charge is -2.27. The fourth-order valence-corrected chi connectivity index (χ4v) is 5.98. The second-order valence-electron chi connectivity index (χ2n) is 10.9. The van der Waals surface area contributed by atoms with Gasteiger partial charge in [0, 0.05) is 44.6 Å². The summed E-state index contributed by atoms with van der Waals surface area (Å²) in [5.74, 6) is 1.52. The largest absolute Gasteiger partial charge is 0.493 e. The first-order valence-electron chi connectivity index (χ1n) is 13.2. The van der Waals surface area contributed by atoms with Crippen molar-refractivity contribution in [2.45, 2.75) is 70.7 Å². The Morgan fingerprint density at radius 1 is 1.17 bits per heavy atom. The Labute approximate surface area is 214 Å². The standard InChI is InChI=1S/C30H38N2O4/c1-20(14-21-10-6-5-7-11-21)18-32(19-24-15-22-12-8-9-13-25(22)31-24)29(33)23-16-26(34-4)28-27(17-23)35-30(2,3)36-28/h5-7,10-11,14,16-17,22,24-25,31H,8-9,12-13,15,18-19H2,1-4H3/t22-,24-,25-/m0/s1. The average Bonchev–Trinajstić information content (AvgIpc) is 3.41. The van der Waals surface area contributed by atoms with E-state index in [0.717, 1.165) is 23.5 Å². The molecule has 1 saturated heterocycles. The Hall–Kier alpha value is -2.99. The summed E-state index contributed by atoms with van der Waals surface area (Å²) in [6.07, 6.45) is 8.46. The number of methoxy groups -OCH3 is 1. The molecule has 2 fully saturated rings. The summed E-state index contributed by atoms with van der Waals surface area (Å²) in [5.41, 5.74) is 2.83. The molecular formula is C30H38N2O4. The minimum atomic E-state index is -0.796. The number of amides is 1. The van der Waals surface area contributed by atoms with E-state index < -0.39 is 5.79 Å². The summed E-state index contributed by atoms with van der Waals surface area (Å²) >= 11 is 0.